The summed E-state index contributed by atoms with van der Waals surface area (Å²) in [6, 6.07) is 11.0. The highest BCUT2D eigenvalue weighted by molar-refractivity contribution is 6.46. The van der Waals surface area contributed by atoms with Crippen molar-refractivity contribution in [1.82, 2.24) is 0 Å². The largest absolute Gasteiger partial charge is 0.502 e. The van der Waals surface area contributed by atoms with Crippen LogP contribution >= 0.6 is 23.2 Å². The molecule has 0 atom stereocenters. The number of aliphatic hydroxyl groups is 1. The third-order valence-corrected chi connectivity index (χ3v) is 4.34. The van der Waals surface area contributed by atoms with Crippen molar-refractivity contribution < 1.29 is 19.4 Å². The number of rotatable bonds is 3. The Morgan fingerprint density at radius 1 is 1.00 bits per heavy atom. The predicted molar refractivity (Wildman–Crippen MR) is 91.5 cm³/mol. The molecule has 3 rings (SSSR count). The highest BCUT2D eigenvalue weighted by atomic mass is 35.5. The maximum absolute atomic E-state index is 12.7. The number of hydrogen-bond acceptors (Lipinski definition) is 4. The zero-order chi connectivity index (χ0) is 17.4. The first-order valence-electron chi connectivity index (χ1n) is 6.86. The van der Waals surface area contributed by atoms with E-state index in [1.54, 1.807) is 24.3 Å². The van der Waals surface area contributed by atoms with Crippen molar-refractivity contribution >= 4 is 46.3 Å². The molecule has 0 aliphatic carbocycles. The Morgan fingerprint density at radius 2 is 1.71 bits per heavy atom. The number of benzene rings is 2. The van der Waals surface area contributed by atoms with Gasteiger partial charge in [0.05, 0.1) is 28.4 Å². The smallest absolute Gasteiger partial charge is 0.301 e. The van der Waals surface area contributed by atoms with Gasteiger partial charge in [0.2, 0.25) is 0 Å². The number of imide groups is 1. The molecule has 2 amide bonds. The Morgan fingerprint density at radius 3 is 2.38 bits per heavy atom. The third-order valence-electron chi connectivity index (χ3n) is 3.60. The van der Waals surface area contributed by atoms with Gasteiger partial charge in [-0.05, 0) is 24.3 Å². The van der Waals surface area contributed by atoms with Gasteiger partial charge >= 0.3 is 5.91 Å². The Labute approximate surface area is 147 Å². The van der Waals surface area contributed by atoms with E-state index in [-0.39, 0.29) is 16.3 Å². The summed E-state index contributed by atoms with van der Waals surface area (Å²) in [4.78, 5) is 26.0. The molecule has 24 heavy (non-hydrogen) atoms. The molecule has 0 saturated heterocycles. The molecule has 122 valence electrons. The molecule has 1 aliphatic heterocycles. The fraction of sp³-hybridized carbons (Fsp3) is 0.0588. The van der Waals surface area contributed by atoms with Gasteiger partial charge < -0.3 is 9.84 Å². The first kappa shape index (κ1) is 16.4. The number of carbonyl (C=O) groups excluding carboxylic acids is 2. The standard InChI is InChI=1S/C17H11Cl2NO4/c1-24-13-5-3-2-4-10(13)14-15(21)17(23)20(16(14)22)9-6-7-11(18)12(19)8-9/h2-8,21H,1H3. The topological polar surface area (TPSA) is 66.8 Å². The van der Waals surface area contributed by atoms with Gasteiger partial charge in [0, 0.05) is 5.56 Å². The van der Waals surface area contributed by atoms with Crippen molar-refractivity contribution in [3.63, 3.8) is 0 Å². The lowest BCUT2D eigenvalue weighted by Crippen LogP contribution is -2.31. The van der Waals surface area contributed by atoms with E-state index in [1.807, 2.05) is 0 Å². The summed E-state index contributed by atoms with van der Waals surface area (Å²) in [6.45, 7) is 0. The number of carbonyl (C=O) groups is 2. The van der Waals surface area contributed by atoms with Crippen LogP contribution < -0.4 is 9.64 Å². The van der Waals surface area contributed by atoms with Crippen molar-refractivity contribution in [1.29, 1.82) is 0 Å². The van der Waals surface area contributed by atoms with E-state index in [1.165, 1.54) is 25.3 Å². The van der Waals surface area contributed by atoms with Crippen LogP contribution in [0.25, 0.3) is 5.57 Å². The molecule has 1 aliphatic rings. The van der Waals surface area contributed by atoms with Crippen molar-refractivity contribution in [2.24, 2.45) is 0 Å². The molecule has 0 fully saturated rings. The minimum atomic E-state index is -0.834. The summed E-state index contributed by atoms with van der Waals surface area (Å²) in [6.07, 6.45) is 0. The molecular formula is C17H11Cl2NO4. The second kappa shape index (κ2) is 6.19. The maximum atomic E-state index is 12.7. The number of anilines is 1. The van der Waals surface area contributed by atoms with Gasteiger partial charge in [0.15, 0.2) is 5.76 Å². The molecule has 2 aromatic carbocycles. The summed E-state index contributed by atoms with van der Waals surface area (Å²) in [7, 11) is 1.44. The number of aliphatic hydroxyl groups excluding tert-OH is 1. The minimum Gasteiger partial charge on any atom is -0.502 e. The van der Waals surface area contributed by atoms with Crippen LogP contribution in [-0.4, -0.2) is 24.0 Å². The van der Waals surface area contributed by atoms with E-state index in [2.05, 4.69) is 0 Å². The molecule has 2 aromatic rings. The lowest BCUT2D eigenvalue weighted by atomic mass is 10.0. The number of hydrogen-bond donors (Lipinski definition) is 1. The van der Waals surface area contributed by atoms with E-state index < -0.39 is 17.6 Å². The average molecular weight is 364 g/mol. The van der Waals surface area contributed by atoms with Crippen LogP contribution in [0.1, 0.15) is 5.56 Å². The molecule has 0 spiro atoms. The SMILES string of the molecule is COc1ccccc1C1=C(O)C(=O)N(c2ccc(Cl)c(Cl)c2)C1=O. The molecule has 1 N–H and O–H groups in total. The van der Waals surface area contributed by atoms with E-state index in [4.69, 9.17) is 27.9 Å². The van der Waals surface area contributed by atoms with Gasteiger partial charge in [-0.25, -0.2) is 4.90 Å². The van der Waals surface area contributed by atoms with Crippen LogP contribution in [0.4, 0.5) is 5.69 Å². The zero-order valence-corrected chi connectivity index (χ0v) is 13.9. The van der Waals surface area contributed by atoms with Crippen LogP contribution in [0, 0.1) is 0 Å². The summed E-state index contributed by atoms with van der Waals surface area (Å²) >= 11 is 11.8. The van der Waals surface area contributed by atoms with Crippen molar-refractivity contribution in [3.05, 3.63) is 63.8 Å². The minimum absolute atomic E-state index is 0.122. The molecule has 1 heterocycles. The second-order valence-electron chi connectivity index (χ2n) is 4.97. The average Bonchev–Trinajstić information content (AvgIpc) is 2.80. The van der Waals surface area contributed by atoms with Crippen molar-refractivity contribution in [3.8, 4) is 5.75 Å². The zero-order valence-electron chi connectivity index (χ0n) is 12.4. The van der Waals surface area contributed by atoms with Crippen molar-refractivity contribution in [2.45, 2.75) is 0 Å². The number of halogens is 2. The fourth-order valence-electron chi connectivity index (χ4n) is 2.47. The second-order valence-corrected chi connectivity index (χ2v) is 5.78. The third kappa shape index (κ3) is 2.52. The summed E-state index contributed by atoms with van der Waals surface area (Å²) in [5.74, 6) is -1.77. The van der Waals surface area contributed by atoms with E-state index in [0.29, 0.717) is 16.3 Å². The number of methoxy groups -OCH3 is 1. The Bertz CT molecular complexity index is 892. The molecule has 0 aromatic heterocycles. The highest BCUT2D eigenvalue weighted by Crippen LogP contribution is 2.37. The van der Waals surface area contributed by atoms with Gasteiger partial charge in [-0.1, -0.05) is 41.4 Å². The Hall–Kier alpha value is -2.50. The quantitative estimate of drug-likeness (QED) is 0.841. The molecular weight excluding hydrogens is 353 g/mol. The number of amides is 2. The predicted octanol–water partition coefficient (Wildman–Crippen LogP) is 3.84. The first-order valence-corrected chi connectivity index (χ1v) is 7.61. The van der Waals surface area contributed by atoms with Crippen LogP contribution in [0.15, 0.2) is 48.2 Å². The fourth-order valence-corrected chi connectivity index (χ4v) is 2.76. The summed E-state index contributed by atoms with van der Waals surface area (Å²) < 4.78 is 5.20. The lowest BCUT2D eigenvalue weighted by Gasteiger charge is -2.15. The Kier molecular flexibility index (Phi) is 4.22. The van der Waals surface area contributed by atoms with Crippen LogP contribution in [0.2, 0.25) is 10.0 Å². The molecule has 5 nitrogen and oxygen atoms in total. The number of ether oxygens (including phenoxy) is 1. The number of nitrogens with zero attached hydrogens (tertiary/aromatic N) is 1. The summed E-state index contributed by atoms with van der Waals surface area (Å²) in [5.41, 5.74) is 0.429. The van der Waals surface area contributed by atoms with Crippen LogP contribution in [0.5, 0.6) is 5.75 Å². The normalized spacial score (nSPS) is 14.5. The van der Waals surface area contributed by atoms with Crippen LogP contribution in [0.3, 0.4) is 0 Å². The molecule has 7 heteroatoms. The van der Waals surface area contributed by atoms with Gasteiger partial charge in [0.1, 0.15) is 5.75 Å². The van der Waals surface area contributed by atoms with E-state index >= 15 is 0 Å². The lowest BCUT2D eigenvalue weighted by molar-refractivity contribution is -0.121. The first-order chi connectivity index (χ1) is 11.5. The molecule has 0 radical (unpaired) electrons. The maximum Gasteiger partial charge on any atom is 0.301 e. The molecule has 0 saturated carbocycles. The Balaban J connectivity index is 2.09. The summed E-state index contributed by atoms with van der Waals surface area (Å²) in [5, 5.41) is 10.7. The number of para-hydroxylation sites is 1. The molecule has 0 bridgehead atoms. The van der Waals surface area contributed by atoms with Gasteiger partial charge in [0.25, 0.3) is 5.91 Å². The van der Waals surface area contributed by atoms with Gasteiger partial charge in [-0.15, -0.1) is 0 Å². The van der Waals surface area contributed by atoms with E-state index in [9.17, 15) is 14.7 Å². The van der Waals surface area contributed by atoms with Crippen molar-refractivity contribution in [2.75, 3.05) is 12.0 Å². The highest BCUT2D eigenvalue weighted by Gasteiger charge is 2.41. The van der Waals surface area contributed by atoms with Crippen LogP contribution in [-0.2, 0) is 9.59 Å². The molecule has 0 unspecified atom stereocenters. The van der Waals surface area contributed by atoms with E-state index in [0.717, 1.165) is 4.90 Å². The van der Waals surface area contributed by atoms with Gasteiger partial charge in [-0.2, -0.15) is 0 Å². The van der Waals surface area contributed by atoms with Gasteiger partial charge in [-0.3, -0.25) is 9.59 Å². The monoisotopic (exact) mass is 363 g/mol.